The molecular formula is C33H26N4O6S. The lowest BCUT2D eigenvalue weighted by Gasteiger charge is -2.25. The zero-order chi connectivity index (χ0) is 31.0. The highest BCUT2D eigenvalue weighted by Gasteiger charge is 2.32. The first-order chi connectivity index (χ1) is 21.2. The molecule has 0 aliphatic carbocycles. The highest BCUT2D eigenvalue weighted by atomic mass is 32.1. The maximum absolute atomic E-state index is 14.0. The number of hydrogen-bond acceptors (Lipinski definition) is 8. The van der Waals surface area contributed by atoms with E-state index in [1.54, 1.807) is 41.8 Å². The van der Waals surface area contributed by atoms with E-state index in [4.69, 9.17) is 9.15 Å². The number of carbonyl (C=O) groups excluding carboxylic acids is 1. The molecule has 0 saturated heterocycles. The van der Waals surface area contributed by atoms with Gasteiger partial charge >= 0.3 is 0 Å². The van der Waals surface area contributed by atoms with Crippen LogP contribution >= 0.6 is 11.3 Å². The Hall–Kier alpha value is -5.55. The third-order valence-corrected chi connectivity index (χ3v) is 8.23. The van der Waals surface area contributed by atoms with Crippen molar-refractivity contribution in [2.45, 2.75) is 19.9 Å². The third-order valence-electron chi connectivity index (χ3n) is 7.25. The van der Waals surface area contributed by atoms with E-state index in [-0.39, 0.29) is 17.2 Å². The second-order valence-electron chi connectivity index (χ2n) is 10.2. The van der Waals surface area contributed by atoms with Crippen molar-refractivity contribution in [1.29, 1.82) is 0 Å². The Balaban J connectivity index is 1.44. The number of nitrogens with one attached hydrogen (secondary N) is 1. The summed E-state index contributed by atoms with van der Waals surface area (Å²) in [5, 5.41) is 14.3. The first-order valence-corrected chi connectivity index (χ1v) is 14.4. The van der Waals surface area contributed by atoms with Gasteiger partial charge in [0.05, 0.1) is 39.4 Å². The van der Waals surface area contributed by atoms with Gasteiger partial charge in [0.15, 0.2) is 4.80 Å². The molecule has 11 heteroatoms. The van der Waals surface area contributed by atoms with Gasteiger partial charge in [-0.2, -0.15) is 0 Å². The number of anilines is 1. The summed E-state index contributed by atoms with van der Waals surface area (Å²) in [4.78, 5) is 43.7. The normalized spacial score (nSPS) is 14.6. The molecule has 5 aromatic rings. The van der Waals surface area contributed by atoms with E-state index in [2.05, 4.69) is 10.3 Å². The predicted octanol–water partition coefficient (Wildman–Crippen LogP) is 5.36. The van der Waals surface area contributed by atoms with Crippen LogP contribution in [-0.4, -0.2) is 22.5 Å². The van der Waals surface area contributed by atoms with Gasteiger partial charge in [0.2, 0.25) is 0 Å². The fourth-order valence-electron chi connectivity index (χ4n) is 5.10. The topological polar surface area (TPSA) is 129 Å². The van der Waals surface area contributed by atoms with Crippen LogP contribution in [0.4, 0.5) is 11.4 Å². The van der Waals surface area contributed by atoms with Crippen molar-refractivity contribution in [3.63, 3.8) is 0 Å². The number of non-ortho nitro benzene ring substituents is 1. The molecule has 0 fully saturated rings. The second-order valence-corrected chi connectivity index (χ2v) is 11.2. The quantitative estimate of drug-likeness (QED) is 0.196. The molecule has 220 valence electrons. The molecule has 10 nitrogen and oxygen atoms in total. The summed E-state index contributed by atoms with van der Waals surface area (Å²) in [5.74, 6) is 0.769. The van der Waals surface area contributed by atoms with Crippen LogP contribution in [0.15, 0.2) is 110 Å². The van der Waals surface area contributed by atoms with E-state index in [9.17, 15) is 19.7 Å². The van der Waals surface area contributed by atoms with Gasteiger partial charge in [0.1, 0.15) is 17.3 Å². The summed E-state index contributed by atoms with van der Waals surface area (Å²) < 4.78 is 13.3. The van der Waals surface area contributed by atoms with Crippen LogP contribution in [0, 0.1) is 17.0 Å². The average Bonchev–Trinajstić information content (AvgIpc) is 3.61. The predicted molar refractivity (Wildman–Crippen MR) is 167 cm³/mol. The molecule has 3 aromatic carbocycles. The number of carbonyl (C=O) groups is 1. The number of aromatic nitrogens is 1. The number of rotatable bonds is 7. The van der Waals surface area contributed by atoms with Crippen molar-refractivity contribution in [3.8, 4) is 17.1 Å². The Morgan fingerprint density at radius 2 is 1.82 bits per heavy atom. The highest BCUT2D eigenvalue weighted by molar-refractivity contribution is 7.07. The molecule has 2 aromatic heterocycles. The summed E-state index contributed by atoms with van der Waals surface area (Å²) in [6, 6.07) is 23.7. The molecule has 1 N–H and O–H groups in total. The second kappa shape index (κ2) is 11.6. The smallest absolute Gasteiger partial charge is 0.271 e. The molecule has 0 saturated carbocycles. The van der Waals surface area contributed by atoms with Gasteiger partial charge < -0.3 is 14.5 Å². The zero-order valence-corrected chi connectivity index (χ0v) is 24.8. The monoisotopic (exact) mass is 606 g/mol. The van der Waals surface area contributed by atoms with Crippen molar-refractivity contribution in [1.82, 2.24) is 4.57 Å². The number of para-hydroxylation sites is 1. The van der Waals surface area contributed by atoms with Crippen LogP contribution in [0.1, 0.15) is 29.9 Å². The molecule has 0 bridgehead atoms. The minimum Gasteiger partial charge on any atom is -0.496 e. The zero-order valence-electron chi connectivity index (χ0n) is 23.9. The average molecular weight is 607 g/mol. The van der Waals surface area contributed by atoms with Crippen LogP contribution in [-0.2, 0) is 4.79 Å². The van der Waals surface area contributed by atoms with Gasteiger partial charge in [0, 0.05) is 23.9 Å². The molecule has 1 amide bonds. The number of nitrogens with zero attached hydrogens (tertiary/aromatic N) is 3. The lowest BCUT2D eigenvalue weighted by Crippen LogP contribution is -2.40. The third kappa shape index (κ3) is 5.36. The maximum Gasteiger partial charge on any atom is 0.271 e. The summed E-state index contributed by atoms with van der Waals surface area (Å²) >= 11 is 1.19. The SMILES string of the molecule is COc1ccc([N+](=O)[O-])cc1-c1ccc(/C=c2\sc3n(c2=O)C(c2ccc(C)cc2)C(C(=O)Nc2ccccc2)=C(C)N=3)o1. The Morgan fingerprint density at radius 3 is 2.52 bits per heavy atom. The summed E-state index contributed by atoms with van der Waals surface area (Å²) in [6.07, 6.45) is 1.60. The van der Waals surface area contributed by atoms with Crippen LogP contribution in [0.2, 0.25) is 0 Å². The molecular weight excluding hydrogens is 580 g/mol. The number of aryl methyl sites for hydroxylation is 1. The first kappa shape index (κ1) is 28.6. The lowest BCUT2D eigenvalue weighted by atomic mass is 9.94. The Kier molecular flexibility index (Phi) is 7.54. The molecule has 44 heavy (non-hydrogen) atoms. The van der Waals surface area contributed by atoms with Gasteiger partial charge in [-0.25, -0.2) is 4.99 Å². The number of nitro groups is 1. The molecule has 1 aliphatic heterocycles. The van der Waals surface area contributed by atoms with Gasteiger partial charge in [-0.3, -0.25) is 24.3 Å². The fraction of sp³-hybridized carbons (Fsp3) is 0.121. The van der Waals surface area contributed by atoms with Crippen molar-refractivity contribution in [2.75, 3.05) is 12.4 Å². The number of amides is 1. The van der Waals surface area contributed by atoms with E-state index >= 15 is 0 Å². The standard InChI is InChI=1S/C33H26N4O6S/c1-19-9-11-21(12-10-19)30-29(31(38)35-22-7-5-4-6-8-22)20(2)34-33-36(30)32(39)28(44-33)18-24-14-16-27(43-24)25-17-23(37(40)41)13-15-26(25)42-3/h4-18,30H,1-3H3,(H,35,38)/b28-18-. The van der Waals surface area contributed by atoms with Gasteiger partial charge in [0.25, 0.3) is 17.2 Å². The van der Waals surface area contributed by atoms with Crippen LogP contribution < -0.4 is 24.9 Å². The molecule has 1 unspecified atom stereocenters. The van der Waals surface area contributed by atoms with E-state index in [0.29, 0.717) is 49.1 Å². The minimum atomic E-state index is -0.709. The summed E-state index contributed by atoms with van der Waals surface area (Å²) in [5.41, 5.74) is 3.30. The molecule has 1 atom stereocenters. The van der Waals surface area contributed by atoms with Gasteiger partial charge in [-0.15, -0.1) is 0 Å². The molecule has 1 aliphatic rings. The van der Waals surface area contributed by atoms with E-state index < -0.39 is 11.0 Å². The summed E-state index contributed by atoms with van der Waals surface area (Å²) in [7, 11) is 1.47. The first-order valence-electron chi connectivity index (χ1n) is 13.6. The van der Waals surface area contributed by atoms with E-state index in [0.717, 1.165) is 11.1 Å². The van der Waals surface area contributed by atoms with Crippen LogP contribution in [0.5, 0.6) is 5.75 Å². The van der Waals surface area contributed by atoms with E-state index in [1.807, 2.05) is 49.4 Å². The Morgan fingerprint density at radius 1 is 1.07 bits per heavy atom. The minimum absolute atomic E-state index is 0.106. The maximum atomic E-state index is 14.0. The Labute approximate surface area is 255 Å². The van der Waals surface area contributed by atoms with Crippen molar-refractivity contribution >= 4 is 34.7 Å². The van der Waals surface area contributed by atoms with E-state index in [1.165, 1.54) is 36.6 Å². The van der Waals surface area contributed by atoms with Crippen LogP contribution in [0.3, 0.4) is 0 Å². The van der Waals surface area contributed by atoms with Gasteiger partial charge in [-0.1, -0.05) is 59.4 Å². The fourth-order valence-corrected chi connectivity index (χ4v) is 6.13. The number of hydrogen-bond donors (Lipinski definition) is 1. The number of methoxy groups -OCH3 is 1. The van der Waals surface area contributed by atoms with Crippen molar-refractivity contribution in [2.24, 2.45) is 4.99 Å². The van der Waals surface area contributed by atoms with Crippen LogP contribution in [0.25, 0.3) is 17.4 Å². The number of nitro benzene ring substituents is 1. The number of allylic oxidation sites excluding steroid dienone is 1. The number of thiazole rings is 1. The molecule has 3 heterocycles. The molecule has 0 spiro atoms. The van der Waals surface area contributed by atoms with Crippen molar-refractivity contribution < 1.29 is 18.9 Å². The lowest BCUT2D eigenvalue weighted by molar-refractivity contribution is -0.384. The van der Waals surface area contributed by atoms with Gasteiger partial charge in [-0.05, 0) is 49.7 Å². The summed E-state index contributed by atoms with van der Waals surface area (Å²) in [6.45, 7) is 3.74. The Bertz CT molecular complexity index is 2130. The van der Waals surface area contributed by atoms with Crippen molar-refractivity contribution in [3.05, 3.63) is 143 Å². The molecule has 6 rings (SSSR count). The number of furan rings is 1. The highest BCUT2D eigenvalue weighted by Crippen LogP contribution is 2.35. The number of benzene rings is 3. The largest absolute Gasteiger partial charge is 0.496 e. The number of fused-ring (bicyclic) bond motifs is 1. The number of ether oxygens (including phenoxy) is 1. The molecule has 0 radical (unpaired) electrons.